The quantitative estimate of drug-likeness (QED) is 0.857. The number of hydrogen-bond donors (Lipinski definition) is 1. The number of carbonyl (C=O) groups excluding carboxylic acids is 1. The number of hydrogen-bond acceptors (Lipinski definition) is 3. The standard InChI is InChI=1S/C11H11FN4O/c1-16-7-10(14-15-16)11(17)13-6-8-3-2-4-9(12)5-8/h2-5,7H,6H2,1H3,(H,13,17). The molecule has 0 saturated heterocycles. The van der Waals surface area contributed by atoms with Crippen molar-refractivity contribution in [3.8, 4) is 0 Å². The molecular weight excluding hydrogens is 223 g/mol. The number of nitrogens with zero attached hydrogens (tertiary/aromatic N) is 3. The Morgan fingerprint density at radius 3 is 3.00 bits per heavy atom. The third-order valence-electron chi connectivity index (χ3n) is 2.18. The van der Waals surface area contributed by atoms with Gasteiger partial charge in [-0.25, -0.2) is 4.39 Å². The first-order chi connectivity index (χ1) is 8.15. The normalized spacial score (nSPS) is 10.2. The van der Waals surface area contributed by atoms with E-state index in [0.717, 1.165) is 0 Å². The molecule has 1 aromatic carbocycles. The van der Waals surface area contributed by atoms with Gasteiger partial charge in [0, 0.05) is 13.6 Å². The molecule has 0 bridgehead atoms. The molecular formula is C11H11FN4O. The molecule has 0 saturated carbocycles. The molecule has 0 aliphatic rings. The summed E-state index contributed by atoms with van der Waals surface area (Å²) < 4.78 is 14.3. The van der Waals surface area contributed by atoms with Crippen LogP contribution in [-0.4, -0.2) is 20.9 Å². The summed E-state index contributed by atoms with van der Waals surface area (Å²) in [4.78, 5) is 11.6. The van der Waals surface area contributed by atoms with E-state index in [1.807, 2.05) is 0 Å². The summed E-state index contributed by atoms with van der Waals surface area (Å²) in [7, 11) is 1.68. The van der Waals surface area contributed by atoms with Crippen LogP contribution < -0.4 is 5.32 Å². The second kappa shape index (κ2) is 4.73. The third-order valence-corrected chi connectivity index (χ3v) is 2.18. The predicted molar refractivity (Wildman–Crippen MR) is 58.6 cm³/mol. The molecule has 88 valence electrons. The molecule has 0 spiro atoms. The smallest absolute Gasteiger partial charge is 0.273 e. The Morgan fingerprint density at radius 1 is 1.53 bits per heavy atom. The van der Waals surface area contributed by atoms with E-state index < -0.39 is 0 Å². The summed E-state index contributed by atoms with van der Waals surface area (Å²) in [5.74, 6) is -0.654. The van der Waals surface area contributed by atoms with Crippen LogP contribution in [0.15, 0.2) is 30.5 Å². The van der Waals surface area contributed by atoms with Crippen LogP contribution in [-0.2, 0) is 13.6 Å². The summed E-state index contributed by atoms with van der Waals surface area (Å²) in [5.41, 5.74) is 0.936. The van der Waals surface area contributed by atoms with Gasteiger partial charge in [-0.3, -0.25) is 9.48 Å². The van der Waals surface area contributed by atoms with Crippen molar-refractivity contribution in [2.24, 2.45) is 7.05 Å². The molecule has 0 aliphatic heterocycles. The Kier molecular flexibility index (Phi) is 3.13. The minimum Gasteiger partial charge on any atom is -0.347 e. The number of carbonyl (C=O) groups is 1. The number of halogens is 1. The van der Waals surface area contributed by atoms with Gasteiger partial charge in [0.1, 0.15) is 5.82 Å². The number of aromatic nitrogens is 3. The van der Waals surface area contributed by atoms with Crippen LogP contribution in [0.5, 0.6) is 0 Å². The molecule has 2 rings (SSSR count). The molecule has 5 nitrogen and oxygen atoms in total. The van der Waals surface area contributed by atoms with Crippen molar-refractivity contribution in [2.75, 3.05) is 0 Å². The number of aryl methyl sites for hydroxylation is 1. The summed E-state index contributed by atoms with van der Waals surface area (Å²) in [6, 6.07) is 6.06. The Morgan fingerprint density at radius 2 is 2.35 bits per heavy atom. The summed E-state index contributed by atoms with van der Waals surface area (Å²) in [6.45, 7) is 0.257. The molecule has 1 amide bonds. The largest absolute Gasteiger partial charge is 0.347 e. The van der Waals surface area contributed by atoms with E-state index in [4.69, 9.17) is 0 Å². The van der Waals surface area contributed by atoms with Gasteiger partial charge in [0.05, 0.1) is 6.20 Å². The molecule has 0 unspecified atom stereocenters. The van der Waals surface area contributed by atoms with E-state index in [-0.39, 0.29) is 24.0 Å². The fourth-order valence-electron chi connectivity index (χ4n) is 1.37. The second-order valence-electron chi connectivity index (χ2n) is 3.59. The summed E-state index contributed by atoms with van der Waals surface area (Å²) in [6.07, 6.45) is 1.51. The zero-order chi connectivity index (χ0) is 12.3. The molecule has 0 fully saturated rings. The van der Waals surface area contributed by atoms with Crippen molar-refractivity contribution >= 4 is 5.91 Å². The van der Waals surface area contributed by atoms with E-state index in [0.29, 0.717) is 5.56 Å². The number of rotatable bonds is 3. The molecule has 1 aromatic heterocycles. The molecule has 0 atom stereocenters. The monoisotopic (exact) mass is 234 g/mol. The number of benzene rings is 1. The Hall–Kier alpha value is -2.24. The molecule has 0 radical (unpaired) electrons. The first kappa shape index (κ1) is 11.3. The molecule has 17 heavy (non-hydrogen) atoms. The first-order valence-electron chi connectivity index (χ1n) is 5.04. The van der Waals surface area contributed by atoms with Crippen LogP contribution >= 0.6 is 0 Å². The fourth-order valence-corrected chi connectivity index (χ4v) is 1.37. The second-order valence-corrected chi connectivity index (χ2v) is 3.59. The van der Waals surface area contributed by atoms with Crippen LogP contribution in [0, 0.1) is 5.82 Å². The van der Waals surface area contributed by atoms with Gasteiger partial charge in [0.15, 0.2) is 5.69 Å². The van der Waals surface area contributed by atoms with Gasteiger partial charge in [0.2, 0.25) is 0 Å². The highest BCUT2D eigenvalue weighted by atomic mass is 19.1. The van der Waals surface area contributed by atoms with E-state index in [2.05, 4.69) is 15.6 Å². The van der Waals surface area contributed by atoms with Crippen LogP contribution in [0.25, 0.3) is 0 Å². The predicted octanol–water partition coefficient (Wildman–Crippen LogP) is 0.884. The van der Waals surface area contributed by atoms with Gasteiger partial charge in [-0.15, -0.1) is 5.10 Å². The maximum Gasteiger partial charge on any atom is 0.273 e. The number of nitrogens with one attached hydrogen (secondary N) is 1. The zero-order valence-corrected chi connectivity index (χ0v) is 9.22. The molecule has 6 heteroatoms. The molecule has 1 heterocycles. The van der Waals surface area contributed by atoms with Gasteiger partial charge in [-0.1, -0.05) is 17.3 Å². The minimum atomic E-state index is -0.331. The van der Waals surface area contributed by atoms with E-state index >= 15 is 0 Å². The lowest BCUT2D eigenvalue weighted by atomic mass is 10.2. The average Bonchev–Trinajstić information content (AvgIpc) is 2.73. The zero-order valence-electron chi connectivity index (χ0n) is 9.22. The van der Waals surface area contributed by atoms with Crippen molar-refractivity contribution in [1.82, 2.24) is 20.3 Å². The molecule has 1 N–H and O–H groups in total. The molecule has 0 aliphatic carbocycles. The minimum absolute atomic E-state index is 0.240. The first-order valence-corrected chi connectivity index (χ1v) is 5.04. The van der Waals surface area contributed by atoms with Crippen LogP contribution in [0.1, 0.15) is 16.1 Å². The van der Waals surface area contributed by atoms with Crippen LogP contribution in [0.3, 0.4) is 0 Å². The molecule has 2 aromatic rings. The van der Waals surface area contributed by atoms with Gasteiger partial charge in [-0.05, 0) is 17.7 Å². The lowest BCUT2D eigenvalue weighted by molar-refractivity contribution is 0.0945. The van der Waals surface area contributed by atoms with Crippen molar-refractivity contribution in [3.63, 3.8) is 0 Å². The fraction of sp³-hybridized carbons (Fsp3) is 0.182. The highest BCUT2D eigenvalue weighted by molar-refractivity contribution is 5.91. The van der Waals surface area contributed by atoms with Gasteiger partial charge in [0.25, 0.3) is 5.91 Å². The van der Waals surface area contributed by atoms with Gasteiger partial charge < -0.3 is 5.32 Å². The topological polar surface area (TPSA) is 59.8 Å². The highest BCUT2D eigenvalue weighted by Crippen LogP contribution is 2.03. The van der Waals surface area contributed by atoms with Crippen LogP contribution in [0.4, 0.5) is 4.39 Å². The van der Waals surface area contributed by atoms with Crippen molar-refractivity contribution < 1.29 is 9.18 Å². The summed E-state index contributed by atoms with van der Waals surface area (Å²) in [5, 5.41) is 9.96. The van der Waals surface area contributed by atoms with Crippen molar-refractivity contribution in [2.45, 2.75) is 6.54 Å². The van der Waals surface area contributed by atoms with E-state index in [1.54, 1.807) is 19.2 Å². The SMILES string of the molecule is Cn1cc(C(=O)NCc2cccc(F)c2)nn1. The highest BCUT2D eigenvalue weighted by Gasteiger charge is 2.09. The maximum atomic E-state index is 12.9. The van der Waals surface area contributed by atoms with Crippen molar-refractivity contribution in [3.05, 3.63) is 47.5 Å². The lowest BCUT2D eigenvalue weighted by Crippen LogP contribution is -2.23. The lowest BCUT2D eigenvalue weighted by Gasteiger charge is -2.02. The summed E-state index contributed by atoms with van der Waals surface area (Å²) >= 11 is 0. The Labute approximate surface area is 97.3 Å². The number of amides is 1. The van der Waals surface area contributed by atoms with E-state index in [9.17, 15) is 9.18 Å². The third kappa shape index (κ3) is 2.87. The average molecular weight is 234 g/mol. The van der Waals surface area contributed by atoms with Gasteiger partial charge in [-0.2, -0.15) is 0 Å². The van der Waals surface area contributed by atoms with Gasteiger partial charge >= 0.3 is 0 Å². The van der Waals surface area contributed by atoms with E-state index in [1.165, 1.54) is 23.0 Å². The maximum absolute atomic E-state index is 12.9. The Bertz CT molecular complexity index is 538. The van der Waals surface area contributed by atoms with Crippen molar-refractivity contribution in [1.29, 1.82) is 0 Å². The Balaban J connectivity index is 1.97. The van der Waals surface area contributed by atoms with Crippen LogP contribution in [0.2, 0.25) is 0 Å².